The quantitative estimate of drug-likeness (QED) is 0.815. The van der Waals surface area contributed by atoms with Crippen LogP contribution in [0.3, 0.4) is 0 Å². The molecule has 4 rings (SSSR count). The number of aromatic nitrogens is 1. The zero-order valence-corrected chi connectivity index (χ0v) is 16.6. The molecule has 0 aliphatic carbocycles. The Morgan fingerprint density at radius 3 is 2.56 bits per heavy atom. The molecule has 2 aliphatic rings. The number of pyridine rings is 1. The summed E-state index contributed by atoms with van der Waals surface area (Å²) in [6.07, 6.45) is 7.02. The average molecular weight is 386 g/mol. The minimum atomic E-state index is -3.53. The Morgan fingerprint density at radius 2 is 1.81 bits per heavy atom. The van der Waals surface area contributed by atoms with E-state index in [9.17, 15) is 8.42 Å². The Bertz CT molecular complexity index is 858. The number of rotatable bonds is 3. The Balaban J connectivity index is 1.72. The summed E-state index contributed by atoms with van der Waals surface area (Å²) in [5.74, 6) is 0.361. The van der Waals surface area contributed by atoms with Crippen LogP contribution in [0, 0.1) is 0 Å². The topological polar surface area (TPSA) is 53.5 Å². The Hall–Kier alpha value is -1.76. The summed E-state index contributed by atoms with van der Waals surface area (Å²) in [5.41, 5.74) is 1.32. The van der Waals surface area contributed by atoms with Crippen LogP contribution >= 0.6 is 0 Å². The molecule has 0 unspecified atom stereocenters. The molecule has 0 bridgehead atoms. The van der Waals surface area contributed by atoms with Crippen LogP contribution < -0.4 is 0 Å². The lowest BCUT2D eigenvalue weighted by Gasteiger charge is -2.47. The monoisotopic (exact) mass is 385 g/mol. The molecule has 27 heavy (non-hydrogen) atoms. The van der Waals surface area contributed by atoms with Crippen molar-refractivity contribution in [1.29, 1.82) is 0 Å². The second-order valence-electron chi connectivity index (χ2n) is 7.64. The third kappa shape index (κ3) is 3.53. The van der Waals surface area contributed by atoms with E-state index < -0.39 is 10.0 Å². The molecule has 6 heteroatoms. The van der Waals surface area contributed by atoms with Gasteiger partial charge in [-0.05, 0) is 50.6 Å². The van der Waals surface area contributed by atoms with Gasteiger partial charge in [-0.1, -0.05) is 36.8 Å². The summed E-state index contributed by atoms with van der Waals surface area (Å²) in [7, 11) is -1.38. The first-order valence-electron chi connectivity index (χ1n) is 9.76. The van der Waals surface area contributed by atoms with E-state index in [1.807, 2.05) is 6.07 Å². The fourth-order valence-corrected chi connectivity index (χ4v) is 6.47. The molecule has 0 N–H and O–H groups in total. The molecule has 1 aromatic heterocycles. The maximum absolute atomic E-state index is 13.4. The van der Waals surface area contributed by atoms with Crippen molar-refractivity contribution in [3.8, 4) is 0 Å². The standard InChI is InChI=1S/C21H27N3O2S/c1-23-14-6-5-11-20-21(23)19(17-8-3-2-4-9-17)12-15-24(20)27(25,26)18-10-7-13-22-16-18/h2-4,7-10,13,16,19-21H,5-6,11-12,14-15H2,1H3/t19-,20-,21-/m1/s1. The number of hydrogen-bond donors (Lipinski definition) is 0. The predicted octanol–water partition coefficient (Wildman–Crippen LogP) is 3.11. The van der Waals surface area contributed by atoms with Gasteiger partial charge in [-0.15, -0.1) is 0 Å². The number of benzene rings is 1. The molecule has 0 saturated carbocycles. The lowest BCUT2D eigenvalue weighted by Crippen LogP contribution is -2.58. The lowest BCUT2D eigenvalue weighted by molar-refractivity contribution is 0.0941. The zero-order valence-electron chi connectivity index (χ0n) is 15.7. The molecule has 5 nitrogen and oxygen atoms in total. The van der Waals surface area contributed by atoms with E-state index in [-0.39, 0.29) is 12.1 Å². The minimum absolute atomic E-state index is 0.00154. The van der Waals surface area contributed by atoms with Crippen molar-refractivity contribution in [3.63, 3.8) is 0 Å². The molecule has 2 aromatic rings. The van der Waals surface area contributed by atoms with Gasteiger partial charge in [0.15, 0.2) is 0 Å². The number of likely N-dealkylation sites (N-methyl/N-ethyl adjacent to an activating group) is 1. The highest BCUT2D eigenvalue weighted by molar-refractivity contribution is 7.89. The minimum Gasteiger partial charge on any atom is -0.301 e. The van der Waals surface area contributed by atoms with Gasteiger partial charge in [0, 0.05) is 36.9 Å². The zero-order chi connectivity index (χ0) is 18.9. The Morgan fingerprint density at radius 1 is 1.00 bits per heavy atom. The first kappa shape index (κ1) is 18.6. The van der Waals surface area contributed by atoms with Gasteiger partial charge in [0.05, 0.1) is 0 Å². The molecule has 3 heterocycles. The third-order valence-electron chi connectivity index (χ3n) is 6.08. The Kier molecular flexibility index (Phi) is 5.30. The number of nitrogens with zero attached hydrogens (tertiary/aromatic N) is 3. The smallest absolute Gasteiger partial charge is 0.244 e. The van der Waals surface area contributed by atoms with E-state index in [4.69, 9.17) is 0 Å². The van der Waals surface area contributed by atoms with Crippen LogP contribution in [0.5, 0.6) is 0 Å². The molecule has 2 saturated heterocycles. The highest BCUT2D eigenvalue weighted by atomic mass is 32.2. The van der Waals surface area contributed by atoms with Gasteiger partial charge in [-0.25, -0.2) is 8.42 Å². The fourth-order valence-electron chi connectivity index (χ4n) is 4.82. The van der Waals surface area contributed by atoms with Crippen molar-refractivity contribution in [2.24, 2.45) is 0 Å². The summed E-state index contributed by atoms with van der Waals surface area (Å²) in [6, 6.07) is 14.1. The van der Waals surface area contributed by atoms with Crippen molar-refractivity contribution < 1.29 is 8.42 Å². The van der Waals surface area contributed by atoms with Gasteiger partial charge in [0.2, 0.25) is 10.0 Å². The fraction of sp³-hybridized carbons (Fsp3) is 0.476. The molecule has 144 valence electrons. The summed E-state index contributed by atoms with van der Waals surface area (Å²) in [5, 5.41) is 0. The van der Waals surface area contributed by atoms with Crippen molar-refractivity contribution >= 4 is 10.0 Å². The van der Waals surface area contributed by atoms with Crippen LogP contribution in [-0.4, -0.2) is 54.8 Å². The lowest BCUT2D eigenvalue weighted by atomic mass is 9.80. The molecule has 1 aromatic carbocycles. The predicted molar refractivity (Wildman–Crippen MR) is 106 cm³/mol. The van der Waals surface area contributed by atoms with Gasteiger partial charge in [-0.3, -0.25) is 4.98 Å². The van der Waals surface area contributed by atoms with Gasteiger partial charge in [0.25, 0.3) is 0 Å². The first-order valence-corrected chi connectivity index (χ1v) is 11.2. The highest BCUT2D eigenvalue weighted by Gasteiger charge is 2.46. The number of likely N-dealkylation sites (tertiary alicyclic amines) is 1. The number of hydrogen-bond acceptors (Lipinski definition) is 4. The van der Waals surface area contributed by atoms with Crippen molar-refractivity contribution in [3.05, 3.63) is 60.4 Å². The van der Waals surface area contributed by atoms with E-state index in [1.165, 1.54) is 11.8 Å². The van der Waals surface area contributed by atoms with Crippen LogP contribution in [0.2, 0.25) is 0 Å². The summed E-state index contributed by atoms with van der Waals surface area (Å²) >= 11 is 0. The summed E-state index contributed by atoms with van der Waals surface area (Å²) in [4.78, 5) is 6.72. The largest absolute Gasteiger partial charge is 0.301 e. The van der Waals surface area contributed by atoms with E-state index in [1.54, 1.807) is 22.6 Å². The van der Waals surface area contributed by atoms with E-state index in [2.05, 4.69) is 41.2 Å². The molecule has 2 fully saturated rings. The highest BCUT2D eigenvalue weighted by Crippen LogP contribution is 2.40. The van der Waals surface area contributed by atoms with Crippen LogP contribution in [0.15, 0.2) is 59.8 Å². The van der Waals surface area contributed by atoms with E-state index in [0.29, 0.717) is 17.4 Å². The summed E-state index contributed by atoms with van der Waals surface area (Å²) in [6.45, 7) is 1.58. The number of piperidine rings is 1. The second kappa shape index (κ2) is 7.70. The number of fused-ring (bicyclic) bond motifs is 1. The van der Waals surface area contributed by atoms with Gasteiger partial charge in [0.1, 0.15) is 4.90 Å². The maximum atomic E-state index is 13.4. The van der Waals surface area contributed by atoms with Gasteiger partial charge >= 0.3 is 0 Å². The normalized spacial score (nSPS) is 27.7. The van der Waals surface area contributed by atoms with E-state index >= 15 is 0 Å². The SMILES string of the molecule is CN1CCCC[C@@H]2[C@H]1[C@@H](c1ccccc1)CCN2S(=O)(=O)c1cccnc1. The van der Waals surface area contributed by atoms with Gasteiger partial charge < -0.3 is 4.90 Å². The van der Waals surface area contributed by atoms with Crippen LogP contribution in [0.4, 0.5) is 0 Å². The van der Waals surface area contributed by atoms with Crippen LogP contribution in [0.1, 0.15) is 37.2 Å². The van der Waals surface area contributed by atoms with Crippen LogP contribution in [-0.2, 0) is 10.0 Å². The molecular formula is C21H27N3O2S. The first-order chi connectivity index (χ1) is 13.1. The maximum Gasteiger partial charge on any atom is 0.244 e. The second-order valence-corrected chi connectivity index (χ2v) is 9.54. The summed E-state index contributed by atoms with van der Waals surface area (Å²) < 4.78 is 28.5. The molecular weight excluding hydrogens is 358 g/mol. The molecule has 0 spiro atoms. The average Bonchev–Trinajstić information content (AvgIpc) is 2.90. The molecule has 3 atom stereocenters. The molecule has 0 amide bonds. The van der Waals surface area contributed by atoms with Crippen molar-refractivity contribution in [2.45, 2.75) is 48.6 Å². The molecule has 0 radical (unpaired) electrons. The van der Waals surface area contributed by atoms with Crippen molar-refractivity contribution in [1.82, 2.24) is 14.2 Å². The van der Waals surface area contributed by atoms with Gasteiger partial charge in [-0.2, -0.15) is 4.31 Å². The van der Waals surface area contributed by atoms with E-state index in [0.717, 1.165) is 32.2 Å². The van der Waals surface area contributed by atoms with Crippen molar-refractivity contribution in [2.75, 3.05) is 20.1 Å². The molecule has 2 aliphatic heterocycles. The van der Waals surface area contributed by atoms with Crippen LogP contribution in [0.25, 0.3) is 0 Å². The number of sulfonamides is 1. The Labute approximate surface area is 162 Å². The third-order valence-corrected chi connectivity index (χ3v) is 7.98.